The SMILES string of the molecule is O=C(Cc1ccccc1)Nc1nnc(OC2CCN(c3cccnn3)C2)s1. The van der Waals surface area contributed by atoms with E-state index in [1.807, 2.05) is 42.5 Å². The van der Waals surface area contributed by atoms with E-state index in [4.69, 9.17) is 4.74 Å². The minimum absolute atomic E-state index is 0.00725. The number of ether oxygens (including phenoxy) is 1. The van der Waals surface area contributed by atoms with Crippen LogP contribution in [0.3, 0.4) is 0 Å². The van der Waals surface area contributed by atoms with Gasteiger partial charge in [-0.2, -0.15) is 5.10 Å². The molecule has 1 saturated heterocycles. The Morgan fingerprint density at radius 3 is 2.89 bits per heavy atom. The fraction of sp³-hybridized carbons (Fsp3) is 0.278. The highest BCUT2D eigenvalue weighted by molar-refractivity contribution is 7.17. The molecule has 138 valence electrons. The number of hydrogen-bond acceptors (Lipinski definition) is 8. The Morgan fingerprint density at radius 1 is 1.19 bits per heavy atom. The average molecular weight is 382 g/mol. The van der Waals surface area contributed by atoms with Crippen LogP contribution in [0, 0.1) is 0 Å². The normalized spacial score (nSPS) is 16.3. The third-order valence-electron chi connectivity index (χ3n) is 4.16. The van der Waals surface area contributed by atoms with Crippen LogP contribution in [0.5, 0.6) is 5.19 Å². The molecule has 0 saturated carbocycles. The maximum absolute atomic E-state index is 12.1. The highest BCUT2D eigenvalue weighted by atomic mass is 32.1. The van der Waals surface area contributed by atoms with Crippen molar-refractivity contribution in [2.24, 2.45) is 0 Å². The van der Waals surface area contributed by atoms with Gasteiger partial charge in [-0.25, -0.2) is 0 Å². The Labute approximate surface area is 160 Å². The van der Waals surface area contributed by atoms with E-state index in [9.17, 15) is 4.79 Å². The van der Waals surface area contributed by atoms with E-state index in [-0.39, 0.29) is 12.0 Å². The molecule has 0 spiro atoms. The third-order valence-corrected chi connectivity index (χ3v) is 4.88. The minimum atomic E-state index is -0.126. The second-order valence-corrected chi connectivity index (χ2v) is 7.08. The summed E-state index contributed by atoms with van der Waals surface area (Å²) in [6, 6.07) is 13.4. The van der Waals surface area contributed by atoms with Gasteiger partial charge in [0, 0.05) is 19.2 Å². The number of rotatable bonds is 6. The van der Waals surface area contributed by atoms with Crippen molar-refractivity contribution in [2.45, 2.75) is 18.9 Å². The first kappa shape index (κ1) is 17.3. The van der Waals surface area contributed by atoms with Crippen LogP contribution in [0.1, 0.15) is 12.0 Å². The molecule has 0 radical (unpaired) electrons. The van der Waals surface area contributed by atoms with Gasteiger partial charge in [-0.1, -0.05) is 35.4 Å². The fourth-order valence-corrected chi connectivity index (χ4v) is 3.57. The van der Waals surface area contributed by atoms with Crippen LogP contribution in [0.25, 0.3) is 0 Å². The zero-order chi connectivity index (χ0) is 18.5. The summed E-state index contributed by atoms with van der Waals surface area (Å²) in [4.78, 5) is 14.2. The van der Waals surface area contributed by atoms with Crippen LogP contribution in [-0.4, -0.2) is 45.5 Å². The van der Waals surface area contributed by atoms with Crippen LogP contribution >= 0.6 is 11.3 Å². The first-order valence-electron chi connectivity index (χ1n) is 8.63. The lowest BCUT2D eigenvalue weighted by atomic mass is 10.1. The molecule has 8 nitrogen and oxygen atoms in total. The summed E-state index contributed by atoms with van der Waals surface area (Å²) in [5.41, 5.74) is 0.950. The lowest BCUT2D eigenvalue weighted by Crippen LogP contribution is -2.25. The lowest BCUT2D eigenvalue weighted by Gasteiger charge is -2.16. The Morgan fingerprint density at radius 2 is 2.07 bits per heavy atom. The number of amides is 1. The second kappa shape index (κ2) is 8.09. The molecule has 1 aliphatic rings. The van der Waals surface area contributed by atoms with Crippen molar-refractivity contribution >= 4 is 28.2 Å². The molecule has 1 aliphatic heterocycles. The van der Waals surface area contributed by atoms with Gasteiger partial charge in [0.25, 0.3) is 5.19 Å². The molecule has 1 unspecified atom stereocenters. The van der Waals surface area contributed by atoms with Crippen LogP contribution < -0.4 is 15.0 Å². The smallest absolute Gasteiger partial charge is 0.296 e. The first-order chi connectivity index (χ1) is 13.3. The first-order valence-corrected chi connectivity index (χ1v) is 9.44. The number of anilines is 2. The number of nitrogens with zero attached hydrogens (tertiary/aromatic N) is 5. The molecule has 27 heavy (non-hydrogen) atoms. The predicted molar refractivity (Wildman–Crippen MR) is 102 cm³/mol. The quantitative estimate of drug-likeness (QED) is 0.698. The van der Waals surface area contributed by atoms with E-state index >= 15 is 0 Å². The van der Waals surface area contributed by atoms with E-state index < -0.39 is 0 Å². The molecule has 1 aromatic carbocycles. The minimum Gasteiger partial charge on any atom is -0.464 e. The van der Waals surface area contributed by atoms with E-state index in [0.29, 0.717) is 23.3 Å². The summed E-state index contributed by atoms with van der Waals surface area (Å²) in [6.07, 6.45) is 2.83. The molecule has 1 atom stereocenters. The van der Waals surface area contributed by atoms with Gasteiger partial charge in [-0.05, 0) is 29.0 Å². The zero-order valence-corrected chi connectivity index (χ0v) is 15.3. The van der Waals surface area contributed by atoms with Crippen molar-refractivity contribution in [1.82, 2.24) is 20.4 Å². The largest absolute Gasteiger partial charge is 0.464 e. The summed E-state index contributed by atoms with van der Waals surface area (Å²) in [5.74, 6) is 0.716. The van der Waals surface area contributed by atoms with E-state index in [1.54, 1.807) is 6.20 Å². The van der Waals surface area contributed by atoms with Crippen molar-refractivity contribution in [3.63, 3.8) is 0 Å². The summed E-state index contributed by atoms with van der Waals surface area (Å²) in [6.45, 7) is 1.57. The van der Waals surface area contributed by atoms with E-state index in [0.717, 1.165) is 24.3 Å². The average Bonchev–Trinajstić information content (AvgIpc) is 3.33. The summed E-state index contributed by atoms with van der Waals surface area (Å²) in [5, 5.41) is 19.7. The summed E-state index contributed by atoms with van der Waals surface area (Å²) >= 11 is 1.23. The number of aromatic nitrogens is 4. The van der Waals surface area contributed by atoms with Crippen molar-refractivity contribution in [3.05, 3.63) is 54.2 Å². The van der Waals surface area contributed by atoms with Crippen LogP contribution in [-0.2, 0) is 11.2 Å². The van der Waals surface area contributed by atoms with Gasteiger partial charge >= 0.3 is 0 Å². The number of hydrogen-bond donors (Lipinski definition) is 1. The number of carbonyl (C=O) groups excluding carboxylic acids is 1. The Balaban J connectivity index is 1.29. The lowest BCUT2D eigenvalue weighted by molar-refractivity contribution is -0.115. The van der Waals surface area contributed by atoms with E-state index in [2.05, 4.69) is 30.6 Å². The Bertz CT molecular complexity index is 889. The molecule has 9 heteroatoms. The van der Waals surface area contributed by atoms with Crippen molar-refractivity contribution in [2.75, 3.05) is 23.3 Å². The topological polar surface area (TPSA) is 93.1 Å². The fourth-order valence-electron chi connectivity index (χ4n) is 2.89. The molecule has 1 N–H and O–H groups in total. The molecule has 2 aromatic heterocycles. The van der Waals surface area contributed by atoms with Crippen molar-refractivity contribution in [1.29, 1.82) is 0 Å². The summed E-state index contributed by atoms with van der Waals surface area (Å²) in [7, 11) is 0. The predicted octanol–water partition coefficient (Wildman–Crippen LogP) is 2.17. The van der Waals surface area contributed by atoms with Crippen LogP contribution in [0.15, 0.2) is 48.7 Å². The van der Waals surface area contributed by atoms with Gasteiger partial charge < -0.3 is 15.0 Å². The number of benzene rings is 1. The number of nitrogens with one attached hydrogen (secondary N) is 1. The molecule has 1 amide bonds. The van der Waals surface area contributed by atoms with Gasteiger partial charge in [-0.3, -0.25) is 4.79 Å². The summed E-state index contributed by atoms with van der Waals surface area (Å²) < 4.78 is 5.91. The van der Waals surface area contributed by atoms with Crippen molar-refractivity contribution < 1.29 is 9.53 Å². The van der Waals surface area contributed by atoms with Gasteiger partial charge in [0.2, 0.25) is 11.0 Å². The monoisotopic (exact) mass is 382 g/mol. The molecule has 0 bridgehead atoms. The van der Waals surface area contributed by atoms with Crippen LogP contribution in [0.2, 0.25) is 0 Å². The maximum Gasteiger partial charge on any atom is 0.296 e. The maximum atomic E-state index is 12.1. The molecule has 1 fully saturated rings. The second-order valence-electron chi connectivity index (χ2n) is 6.14. The molecule has 3 aromatic rings. The highest BCUT2D eigenvalue weighted by Gasteiger charge is 2.26. The van der Waals surface area contributed by atoms with Crippen LogP contribution in [0.4, 0.5) is 10.9 Å². The zero-order valence-electron chi connectivity index (χ0n) is 14.5. The van der Waals surface area contributed by atoms with E-state index in [1.165, 1.54) is 11.3 Å². The Hall–Kier alpha value is -3.07. The van der Waals surface area contributed by atoms with Crippen molar-refractivity contribution in [3.8, 4) is 5.19 Å². The molecule has 0 aliphatic carbocycles. The molecular formula is C18H18N6O2S. The van der Waals surface area contributed by atoms with Gasteiger partial charge in [0.15, 0.2) is 5.82 Å². The number of carbonyl (C=O) groups is 1. The standard InChI is InChI=1S/C18H18N6O2S/c25-16(11-13-5-2-1-3-6-13)20-17-22-23-18(27-17)26-14-8-10-24(12-14)15-7-4-9-19-21-15/h1-7,9,14H,8,10-12H2,(H,20,22,25). The highest BCUT2D eigenvalue weighted by Crippen LogP contribution is 2.26. The van der Waals surface area contributed by atoms with Gasteiger partial charge in [0.1, 0.15) is 6.10 Å². The molecule has 3 heterocycles. The van der Waals surface area contributed by atoms with Gasteiger partial charge in [0.05, 0.1) is 13.0 Å². The van der Waals surface area contributed by atoms with Gasteiger partial charge in [-0.15, -0.1) is 10.2 Å². The third kappa shape index (κ3) is 4.56. The Kier molecular flexibility index (Phi) is 5.20. The molecular weight excluding hydrogens is 364 g/mol. The molecule has 4 rings (SSSR count).